The second-order valence-corrected chi connectivity index (χ2v) is 7.97. The predicted octanol–water partition coefficient (Wildman–Crippen LogP) is 1.30. The van der Waals surface area contributed by atoms with E-state index in [1.807, 2.05) is 32.0 Å². The van der Waals surface area contributed by atoms with Crippen LogP contribution in [0.2, 0.25) is 0 Å². The van der Waals surface area contributed by atoms with Crippen molar-refractivity contribution in [3.05, 3.63) is 53.3 Å². The van der Waals surface area contributed by atoms with Crippen molar-refractivity contribution < 1.29 is 17.9 Å². The molecule has 0 bridgehead atoms. The van der Waals surface area contributed by atoms with Crippen molar-refractivity contribution in [1.82, 2.24) is 10.2 Å². The van der Waals surface area contributed by atoms with Crippen LogP contribution in [0.25, 0.3) is 0 Å². The SMILES string of the molecule is Cc1ccc(OCCNC(=O)C2=CN3CCS(=O)(=O)N=C3C=C2)c(C)c1. The summed E-state index contributed by atoms with van der Waals surface area (Å²) in [6.07, 6.45) is 4.72. The molecule has 2 heterocycles. The van der Waals surface area contributed by atoms with E-state index in [-0.39, 0.29) is 18.2 Å². The molecule has 1 N–H and O–H groups in total. The first-order chi connectivity index (χ1) is 12.3. The molecule has 0 saturated carbocycles. The summed E-state index contributed by atoms with van der Waals surface area (Å²) in [6, 6.07) is 5.95. The molecule has 1 aromatic carbocycles. The standard InChI is InChI=1S/C18H21N3O4S/c1-13-3-5-16(14(2)11-13)25-9-7-19-18(22)15-4-6-17-20-26(23,24)10-8-21(17)12-15/h3-6,11-12H,7-10H2,1-2H3,(H,19,22). The number of ether oxygens (including phenoxy) is 1. The lowest BCUT2D eigenvalue weighted by Gasteiger charge is -2.26. The Bertz CT molecular complexity index is 916. The molecule has 2 aliphatic heterocycles. The van der Waals surface area contributed by atoms with Gasteiger partial charge in [-0.05, 0) is 37.6 Å². The van der Waals surface area contributed by atoms with E-state index in [0.29, 0.717) is 24.6 Å². The van der Waals surface area contributed by atoms with Crippen LogP contribution in [0.4, 0.5) is 0 Å². The number of sulfonamides is 1. The Morgan fingerprint density at radius 1 is 1.31 bits per heavy atom. The zero-order chi connectivity index (χ0) is 18.7. The van der Waals surface area contributed by atoms with Crippen LogP contribution in [-0.2, 0) is 14.8 Å². The molecular formula is C18H21N3O4S. The Balaban J connectivity index is 1.52. The lowest BCUT2D eigenvalue weighted by Crippen LogP contribution is -2.38. The minimum Gasteiger partial charge on any atom is -0.491 e. The van der Waals surface area contributed by atoms with Gasteiger partial charge in [-0.1, -0.05) is 17.7 Å². The van der Waals surface area contributed by atoms with Crippen molar-refractivity contribution in [2.24, 2.45) is 4.40 Å². The van der Waals surface area contributed by atoms with Gasteiger partial charge in [-0.2, -0.15) is 0 Å². The van der Waals surface area contributed by atoms with E-state index >= 15 is 0 Å². The first-order valence-electron chi connectivity index (χ1n) is 8.31. The van der Waals surface area contributed by atoms with Crippen LogP contribution >= 0.6 is 0 Å². The van der Waals surface area contributed by atoms with Crippen LogP contribution in [0.5, 0.6) is 5.75 Å². The fourth-order valence-electron chi connectivity index (χ4n) is 2.72. The van der Waals surface area contributed by atoms with Gasteiger partial charge in [0, 0.05) is 12.7 Å². The third kappa shape index (κ3) is 4.32. The van der Waals surface area contributed by atoms with E-state index in [0.717, 1.165) is 11.3 Å². The predicted molar refractivity (Wildman–Crippen MR) is 99.6 cm³/mol. The summed E-state index contributed by atoms with van der Waals surface area (Å²) < 4.78 is 32.4. The van der Waals surface area contributed by atoms with Gasteiger partial charge in [-0.3, -0.25) is 4.79 Å². The molecule has 26 heavy (non-hydrogen) atoms. The number of aryl methyl sites for hydroxylation is 2. The number of carbonyl (C=O) groups is 1. The van der Waals surface area contributed by atoms with Crippen molar-refractivity contribution in [3.8, 4) is 5.75 Å². The summed E-state index contributed by atoms with van der Waals surface area (Å²) in [5, 5.41) is 2.80. The van der Waals surface area contributed by atoms with Crippen LogP contribution in [-0.4, -0.2) is 50.5 Å². The number of amidine groups is 1. The number of rotatable bonds is 5. The summed E-state index contributed by atoms with van der Waals surface area (Å²) in [7, 11) is -3.39. The quantitative estimate of drug-likeness (QED) is 0.784. The maximum absolute atomic E-state index is 12.3. The van der Waals surface area contributed by atoms with E-state index in [1.165, 1.54) is 11.6 Å². The zero-order valence-corrected chi connectivity index (χ0v) is 15.5. The highest BCUT2D eigenvalue weighted by atomic mass is 32.2. The number of amides is 1. The van der Waals surface area contributed by atoms with Gasteiger partial charge in [0.05, 0.1) is 17.9 Å². The first kappa shape index (κ1) is 18.2. The van der Waals surface area contributed by atoms with Crippen molar-refractivity contribution in [1.29, 1.82) is 0 Å². The fraction of sp³-hybridized carbons (Fsp3) is 0.333. The zero-order valence-electron chi connectivity index (χ0n) is 14.7. The number of carbonyl (C=O) groups excluding carboxylic acids is 1. The second kappa shape index (κ2) is 7.33. The maximum Gasteiger partial charge on any atom is 0.256 e. The molecule has 0 spiro atoms. The maximum atomic E-state index is 12.3. The van der Waals surface area contributed by atoms with Gasteiger partial charge >= 0.3 is 0 Å². The molecule has 0 fully saturated rings. The van der Waals surface area contributed by atoms with E-state index in [2.05, 4.69) is 9.71 Å². The highest BCUT2D eigenvalue weighted by Gasteiger charge is 2.24. The van der Waals surface area contributed by atoms with Gasteiger partial charge in [0.15, 0.2) is 0 Å². The molecule has 0 aliphatic carbocycles. The smallest absolute Gasteiger partial charge is 0.256 e. The molecule has 1 aromatic rings. The number of hydrogen-bond donors (Lipinski definition) is 1. The lowest BCUT2D eigenvalue weighted by atomic mass is 10.1. The van der Waals surface area contributed by atoms with Crippen LogP contribution in [0.3, 0.4) is 0 Å². The minimum atomic E-state index is -3.39. The number of hydrogen-bond acceptors (Lipinski definition) is 5. The summed E-state index contributed by atoms with van der Waals surface area (Å²) in [5.41, 5.74) is 2.68. The van der Waals surface area contributed by atoms with Gasteiger partial charge in [0.1, 0.15) is 18.2 Å². The molecule has 0 aromatic heterocycles. The summed E-state index contributed by atoms with van der Waals surface area (Å²) >= 11 is 0. The third-order valence-electron chi connectivity index (χ3n) is 4.06. The van der Waals surface area contributed by atoms with Crippen LogP contribution in [0.15, 0.2) is 46.5 Å². The molecule has 0 radical (unpaired) electrons. The van der Waals surface area contributed by atoms with E-state index < -0.39 is 10.0 Å². The highest BCUT2D eigenvalue weighted by molar-refractivity contribution is 7.90. The number of benzene rings is 1. The molecule has 1 amide bonds. The van der Waals surface area contributed by atoms with Gasteiger partial charge < -0.3 is 15.0 Å². The Morgan fingerprint density at radius 2 is 2.12 bits per heavy atom. The van der Waals surface area contributed by atoms with Gasteiger partial charge in [-0.25, -0.2) is 8.42 Å². The van der Waals surface area contributed by atoms with Gasteiger partial charge in [-0.15, -0.1) is 4.40 Å². The van der Waals surface area contributed by atoms with Crippen molar-refractivity contribution in [2.75, 3.05) is 25.4 Å². The van der Waals surface area contributed by atoms with Crippen molar-refractivity contribution in [3.63, 3.8) is 0 Å². The molecule has 0 unspecified atom stereocenters. The van der Waals surface area contributed by atoms with E-state index in [9.17, 15) is 13.2 Å². The monoisotopic (exact) mass is 375 g/mol. The van der Waals surface area contributed by atoms with Gasteiger partial charge in [0.25, 0.3) is 15.9 Å². The average Bonchev–Trinajstić information content (AvgIpc) is 2.59. The molecule has 7 nitrogen and oxygen atoms in total. The fourth-order valence-corrected chi connectivity index (χ4v) is 3.69. The normalized spacial score (nSPS) is 17.8. The van der Waals surface area contributed by atoms with Crippen LogP contribution in [0, 0.1) is 13.8 Å². The Kier molecular flexibility index (Phi) is 5.13. The van der Waals surface area contributed by atoms with E-state index in [1.54, 1.807) is 17.2 Å². The number of fused-ring (bicyclic) bond motifs is 1. The summed E-state index contributed by atoms with van der Waals surface area (Å²) in [6.45, 7) is 5.03. The largest absolute Gasteiger partial charge is 0.491 e. The Hall–Kier alpha value is -2.61. The van der Waals surface area contributed by atoms with Crippen molar-refractivity contribution in [2.45, 2.75) is 13.8 Å². The Labute approximate surface area is 153 Å². The molecule has 3 rings (SSSR count). The third-order valence-corrected chi connectivity index (χ3v) is 5.23. The lowest BCUT2D eigenvalue weighted by molar-refractivity contribution is -0.117. The number of nitrogens with zero attached hydrogens (tertiary/aromatic N) is 2. The molecular weight excluding hydrogens is 354 g/mol. The van der Waals surface area contributed by atoms with Crippen molar-refractivity contribution >= 4 is 21.8 Å². The molecule has 8 heteroatoms. The summed E-state index contributed by atoms with van der Waals surface area (Å²) in [4.78, 5) is 13.9. The van der Waals surface area contributed by atoms with Crippen LogP contribution in [0.1, 0.15) is 11.1 Å². The highest BCUT2D eigenvalue weighted by Crippen LogP contribution is 2.18. The Morgan fingerprint density at radius 3 is 2.88 bits per heavy atom. The number of nitrogens with one attached hydrogen (secondary N) is 1. The molecule has 0 saturated heterocycles. The molecule has 2 aliphatic rings. The molecule has 0 atom stereocenters. The minimum absolute atomic E-state index is 0.0561. The second-order valence-electron chi connectivity index (χ2n) is 6.22. The molecule has 138 valence electrons. The van der Waals surface area contributed by atoms with E-state index in [4.69, 9.17) is 4.74 Å². The van der Waals surface area contributed by atoms with Gasteiger partial charge in [0.2, 0.25) is 0 Å². The first-order valence-corrected chi connectivity index (χ1v) is 9.92. The average molecular weight is 375 g/mol. The topological polar surface area (TPSA) is 88.1 Å². The van der Waals surface area contributed by atoms with Crippen LogP contribution < -0.4 is 10.1 Å². The summed E-state index contributed by atoms with van der Waals surface area (Å²) in [5.74, 6) is 0.848.